The van der Waals surface area contributed by atoms with Crippen LogP contribution in [0, 0.1) is 6.92 Å². The molecule has 0 amide bonds. The van der Waals surface area contributed by atoms with E-state index in [1.807, 2.05) is 19.3 Å². The zero-order valence-corrected chi connectivity index (χ0v) is 10.1. The Morgan fingerprint density at radius 1 is 1.19 bits per heavy atom. The van der Waals surface area contributed by atoms with Gasteiger partial charge in [0.25, 0.3) is 0 Å². The van der Waals surface area contributed by atoms with Gasteiger partial charge in [-0.05, 0) is 26.7 Å². The van der Waals surface area contributed by atoms with E-state index >= 15 is 0 Å². The number of hydrogen-bond donors (Lipinski definition) is 0. The molecule has 0 aliphatic heterocycles. The van der Waals surface area contributed by atoms with Crippen molar-refractivity contribution in [3.63, 3.8) is 0 Å². The van der Waals surface area contributed by atoms with Gasteiger partial charge in [-0.3, -0.25) is 0 Å². The van der Waals surface area contributed by atoms with E-state index < -0.39 is 0 Å². The summed E-state index contributed by atoms with van der Waals surface area (Å²) in [6.07, 6.45) is 10.7. The van der Waals surface area contributed by atoms with Gasteiger partial charge in [-0.15, -0.1) is 0 Å². The quantitative estimate of drug-likeness (QED) is 0.784. The summed E-state index contributed by atoms with van der Waals surface area (Å²) in [5.74, 6) is 0.814. The molecule has 1 unspecified atom stereocenters. The van der Waals surface area contributed by atoms with Crippen molar-refractivity contribution in [3.8, 4) is 0 Å². The van der Waals surface area contributed by atoms with Gasteiger partial charge < -0.3 is 4.74 Å². The van der Waals surface area contributed by atoms with E-state index in [-0.39, 0.29) is 6.10 Å². The lowest BCUT2D eigenvalue weighted by molar-refractivity contribution is -0.0225. The first-order valence-electron chi connectivity index (χ1n) is 6.19. The number of aromatic nitrogens is 2. The van der Waals surface area contributed by atoms with Crippen LogP contribution in [0.2, 0.25) is 0 Å². The zero-order chi connectivity index (χ0) is 11.4. The van der Waals surface area contributed by atoms with Crippen LogP contribution in [-0.4, -0.2) is 16.1 Å². The van der Waals surface area contributed by atoms with Crippen LogP contribution < -0.4 is 0 Å². The molecule has 0 N–H and O–H groups in total. The highest BCUT2D eigenvalue weighted by atomic mass is 16.5. The maximum atomic E-state index is 6.04. The van der Waals surface area contributed by atoms with Crippen LogP contribution in [0.5, 0.6) is 0 Å². The van der Waals surface area contributed by atoms with Crippen LogP contribution in [-0.2, 0) is 4.74 Å². The summed E-state index contributed by atoms with van der Waals surface area (Å²) < 4.78 is 6.04. The smallest absolute Gasteiger partial charge is 0.125 e. The fourth-order valence-corrected chi connectivity index (χ4v) is 2.18. The Morgan fingerprint density at radius 3 is 2.44 bits per heavy atom. The maximum Gasteiger partial charge on any atom is 0.125 e. The molecule has 0 radical (unpaired) electrons. The monoisotopic (exact) mass is 220 g/mol. The van der Waals surface area contributed by atoms with Gasteiger partial charge in [-0.2, -0.15) is 0 Å². The standard InChI is InChI=1S/C13H20N2O/c1-10(12-8-14-11(2)15-9-12)16-13-6-4-3-5-7-13/h8-10,13H,3-7H2,1-2H3. The van der Waals surface area contributed by atoms with Crippen LogP contribution in [0.25, 0.3) is 0 Å². The number of aryl methyl sites for hydroxylation is 1. The molecule has 0 aromatic carbocycles. The van der Waals surface area contributed by atoms with Crippen LogP contribution >= 0.6 is 0 Å². The lowest BCUT2D eigenvalue weighted by atomic mass is 9.97. The molecule has 0 spiro atoms. The van der Waals surface area contributed by atoms with Crippen molar-refractivity contribution in [1.82, 2.24) is 9.97 Å². The molecule has 1 saturated carbocycles. The van der Waals surface area contributed by atoms with Crippen LogP contribution in [0.4, 0.5) is 0 Å². The molecule has 1 heterocycles. The topological polar surface area (TPSA) is 35.0 Å². The first kappa shape index (κ1) is 11.5. The summed E-state index contributed by atoms with van der Waals surface area (Å²) in [5, 5.41) is 0. The van der Waals surface area contributed by atoms with E-state index in [2.05, 4.69) is 16.9 Å². The Morgan fingerprint density at radius 2 is 1.81 bits per heavy atom. The predicted octanol–water partition coefficient (Wildman–Crippen LogP) is 3.20. The minimum Gasteiger partial charge on any atom is -0.370 e. The zero-order valence-electron chi connectivity index (χ0n) is 10.1. The second-order valence-corrected chi connectivity index (χ2v) is 4.60. The lowest BCUT2D eigenvalue weighted by Gasteiger charge is -2.25. The SMILES string of the molecule is Cc1ncc(C(C)OC2CCCCC2)cn1. The summed E-state index contributed by atoms with van der Waals surface area (Å²) in [4.78, 5) is 8.40. The third-order valence-electron chi connectivity index (χ3n) is 3.22. The van der Waals surface area contributed by atoms with Crippen molar-refractivity contribution in [1.29, 1.82) is 0 Å². The summed E-state index contributed by atoms with van der Waals surface area (Å²) in [6, 6.07) is 0. The summed E-state index contributed by atoms with van der Waals surface area (Å²) >= 11 is 0. The number of ether oxygens (including phenoxy) is 1. The molecular formula is C13H20N2O. The Bertz CT molecular complexity index is 317. The van der Waals surface area contributed by atoms with Crippen LogP contribution in [0.3, 0.4) is 0 Å². The van der Waals surface area contributed by atoms with E-state index in [0.717, 1.165) is 11.4 Å². The number of hydrogen-bond acceptors (Lipinski definition) is 3. The molecule has 0 saturated heterocycles. The molecule has 1 aromatic heterocycles. The fourth-order valence-electron chi connectivity index (χ4n) is 2.18. The van der Waals surface area contributed by atoms with Crippen LogP contribution in [0.1, 0.15) is 56.5 Å². The molecule has 3 heteroatoms. The fraction of sp³-hybridized carbons (Fsp3) is 0.692. The minimum atomic E-state index is 0.115. The molecule has 1 fully saturated rings. The third-order valence-corrected chi connectivity index (χ3v) is 3.22. The van der Waals surface area contributed by atoms with Crippen molar-refractivity contribution in [2.24, 2.45) is 0 Å². The van der Waals surface area contributed by atoms with Crippen molar-refractivity contribution < 1.29 is 4.74 Å². The van der Waals surface area contributed by atoms with E-state index in [4.69, 9.17) is 4.74 Å². The van der Waals surface area contributed by atoms with Gasteiger partial charge >= 0.3 is 0 Å². The minimum absolute atomic E-state index is 0.115. The van der Waals surface area contributed by atoms with Crippen molar-refractivity contribution >= 4 is 0 Å². The Labute approximate surface area is 97.3 Å². The molecular weight excluding hydrogens is 200 g/mol. The third kappa shape index (κ3) is 3.01. The average molecular weight is 220 g/mol. The Balaban J connectivity index is 1.91. The molecule has 1 aliphatic rings. The van der Waals surface area contributed by atoms with Gasteiger partial charge in [0.1, 0.15) is 5.82 Å². The molecule has 1 atom stereocenters. The van der Waals surface area contributed by atoms with Gasteiger partial charge in [0.15, 0.2) is 0 Å². The second kappa shape index (κ2) is 5.39. The van der Waals surface area contributed by atoms with Crippen LogP contribution in [0.15, 0.2) is 12.4 Å². The molecule has 88 valence electrons. The summed E-state index contributed by atoms with van der Waals surface area (Å²) in [7, 11) is 0. The highest BCUT2D eigenvalue weighted by Crippen LogP contribution is 2.26. The highest BCUT2D eigenvalue weighted by Gasteiger charge is 2.17. The Kier molecular flexibility index (Phi) is 3.88. The molecule has 2 rings (SSSR count). The number of rotatable bonds is 3. The highest BCUT2D eigenvalue weighted by molar-refractivity contribution is 5.07. The van der Waals surface area contributed by atoms with Gasteiger partial charge in [0, 0.05) is 18.0 Å². The van der Waals surface area contributed by atoms with E-state index in [0.29, 0.717) is 6.10 Å². The Hall–Kier alpha value is -0.960. The molecule has 0 bridgehead atoms. The number of nitrogens with zero attached hydrogens (tertiary/aromatic N) is 2. The maximum absolute atomic E-state index is 6.04. The normalized spacial score (nSPS) is 19.6. The average Bonchev–Trinajstić information content (AvgIpc) is 2.31. The summed E-state index contributed by atoms with van der Waals surface area (Å²) in [6.45, 7) is 3.99. The second-order valence-electron chi connectivity index (χ2n) is 4.60. The molecule has 3 nitrogen and oxygen atoms in total. The lowest BCUT2D eigenvalue weighted by Crippen LogP contribution is -2.18. The predicted molar refractivity (Wildman–Crippen MR) is 63.1 cm³/mol. The molecule has 16 heavy (non-hydrogen) atoms. The largest absolute Gasteiger partial charge is 0.370 e. The molecule has 1 aliphatic carbocycles. The first-order valence-corrected chi connectivity index (χ1v) is 6.19. The van der Waals surface area contributed by atoms with Gasteiger partial charge in [-0.25, -0.2) is 9.97 Å². The van der Waals surface area contributed by atoms with Gasteiger partial charge in [0.2, 0.25) is 0 Å². The van der Waals surface area contributed by atoms with Crippen molar-refractivity contribution in [2.45, 2.75) is 58.2 Å². The van der Waals surface area contributed by atoms with E-state index in [1.54, 1.807) is 0 Å². The van der Waals surface area contributed by atoms with Gasteiger partial charge in [0.05, 0.1) is 12.2 Å². The summed E-state index contributed by atoms with van der Waals surface area (Å²) in [5.41, 5.74) is 1.08. The van der Waals surface area contributed by atoms with Crippen molar-refractivity contribution in [2.75, 3.05) is 0 Å². The van der Waals surface area contributed by atoms with E-state index in [9.17, 15) is 0 Å². The first-order chi connectivity index (χ1) is 7.75. The molecule has 1 aromatic rings. The van der Waals surface area contributed by atoms with E-state index in [1.165, 1.54) is 32.1 Å². The van der Waals surface area contributed by atoms with Gasteiger partial charge in [-0.1, -0.05) is 19.3 Å². The van der Waals surface area contributed by atoms with Crippen molar-refractivity contribution in [3.05, 3.63) is 23.8 Å².